The fraction of sp³-hybridized carbons (Fsp3) is 0.333. The van der Waals surface area contributed by atoms with Crippen molar-refractivity contribution >= 4 is 11.4 Å². The van der Waals surface area contributed by atoms with Crippen LogP contribution >= 0.6 is 0 Å². The third kappa shape index (κ3) is 2.99. The number of hydrogen-bond donors (Lipinski definition) is 1. The van der Waals surface area contributed by atoms with Gasteiger partial charge >= 0.3 is 0 Å². The molecule has 0 spiro atoms. The third-order valence-electron chi connectivity index (χ3n) is 2.32. The van der Waals surface area contributed by atoms with Gasteiger partial charge in [0.05, 0.1) is 4.92 Å². The minimum absolute atomic E-state index is 0.141. The second-order valence-electron chi connectivity index (χ2n) is 3.44. The van der Waals surface area contributed by atoms with Crippen molar-refractivity contribution in [3.8, 4) is 12.3 Å². The van der Waals surface area contributed by atoms with Crippen molar-refractivity contribution in [2.24, 2.45) is 0 Å². The first-order chi connectivity index (χ1) is 7.66. The molecule has 0 saturated heterocycles. The van der Waals surface area contributed by atoms with E-state index in [2.05, 4.69) is 11.2 Å². The van der Waals surface area contributed by atoms with Gasteiger partial charge in [-0.05, 0) is 19.4 Å². The molecule has 0 aliphatic heterocycles. The molecule has 0 radical (unpaired) electrons. The highest BCUT2D eigenvalue weighted by atomic mass is 16.6. The monoisotopic (exact) mass is 218 g/mol. The molecule has 1 N–H and O–H groups in total. The summed E-state index contributed by atoms with van der Waals surface area (Å²) in [5.74, 6) is 2.55. The minimum Gasteiger partial charge on any atom is -0.385 e. The van der Waals surface area contributed by atoms with Crippen molar-refractivity contribution in [1.29, 1.82) is 0 Å². The number of rotatable bonds is 5. The highest BCUT2D eigenvalue weighted by molar-refractivity contribution is 5.59. The Morgan fingerprint density at radius 1 is 1.56 bits per heavy atom. The molecule has 4 heteroatoms. The Kier molecular flexibility index (Phi) is 4.34. The molecule has 0 aromatic heterocycles. The second kappa shape index (κ2) is 5.76. The smallest absolute Gasteiger partial charge is 0.274 e. The lowest BCUT2D eigenvalue weighted by molar-refractivity contribution is -0.385. The van der Waals surface area contributed by atoms with E-state index in [1.165, 1.54) is 6.07 Å². The lowest BCUT2D eigenvalue weighted by Gasteiger charge is -2.08. The summed E-state index contributed by atoms with van der Waals surface area (Å²) >= 11 is 0. The van der Waals surface area contributed by atoms with Gasteiger partial charge in [-0.25, -0.2) is 0 Å². The highest BCUT2D eigenvalue weighted by Gasteiger charge is 2.12. The van der Waals surface area contributed by atoms with Crippen LogP contribution in [0.2, 0.25) is 0 Å². The van der Waals surface area contributed by atoms with Crippen LogP contribution in [-0.4, -0.2) is 11.5 Å². The lowest BCUT2D eigenvalue weighted by Crippen LogP contribution is -2.04. The zero-order valence-corrected chi connectivity index (χ0v) is 9.19. The molecule has 0 bridgehead atoms. The van der Waals surface area contributed by atoms with Gasteiger partial charge in [0.2, 0.25) is 0 Å². The van der Waals surface area contributed by atoms with Gasteiger partial charge in [-0.3, -0.25) is 10.1 Å². The SMILES string of the molecule is C#CCCCNc1cccc([N+](=O)[O-])c1C. The Morgan fingerprint density at radius 3 is 2.94 bits per heavy atom. The van der Waals surface area contributed by atoms with E-state index < -0.39 is 0 Å². The van der Waals surface area contributed by atoms with Gasteiger partial charge < -0.3 is 5.32 Å². The Morgan fingerprint density at radius 2 is 2.31 bits per heavy atom. The number of nitro groups is 1. The molecule has 1 aromatic carbocycles. The van der Waals surface area contributed by atoms with Crippen LogP contribution in [0.25, 0.3) is 0 Å². The molecular weight excluding hydrogens is 204 g/mol. The van der Waals surface area contributed by atoms with E-state index >= 15 is 0 Å². The predicted molar refractivity (Wildman–Crippen MR) is 64.4 cm³/mol. The zero-order valence-electron chi connectivity index (χ0n) is 9.19. The molecule has 16 heavy (non-hydrogen) atoms. The molecule has 84 valence electrons. The maximum Gasteiger partial charge on any atom is 0.274 e. The summed E-state index contributed by atoms with van der Waals surface area (Å²) < 4.78 is 0. The molecule has 0 fully saturated rings. The lowest BCUT2D eigenvalue weighted by atomic mass is 10.1. The fourth-order valence-electron chi connectivity index (χ4n) is 1.43. The van der Waals surface area contributed by atoms with Crippen molar-refractivity contribution in [3.63, 3.8) is 0 Å². The van der Waals surface area contributed by atoms with Crippen LogP contribution in [0.15, 0.2) is 18.2 Å². The van der Waals surface area contributed by atoms with Gasteiger partial charge in [0, 0.05) is 30.3 Å². The van der Waals surface area contributed by atoms with E-state index in [9.17, 15) is 10.1 Å². The molecule has 0 unspecified atom stereocenters. The Hall–Kier alpha value is -2.02. The molecule has 1 rings (SSSR count). The van der Waals surface area contributed by atoms with Gasteiger partial charge in [-0.1, -0.05) is 6.07 Å². The van der Waals surface area contributed by atoms with Crippen LogP contribution in [-0.2, 0) is 0 Å². The second-order valence-corrected chi connectivity index (χ2v) is 3.44. The van der Waals surface area contributed by atoms with E-state index in [-0.39, 0.29) is 10.6 Å². The summed E-state index contributed by atoms with van der Waals surface area (Å²) in [6.07, 6.45) is 6.70. The van der Waals surface area contributed by atoms with Crippen LogP contribution < -0.4 is 5.32 Å². The van der Waals surface area contributed by atoms with Crippen LogP contribution in [0.1, 0.15) is 18.4 Å². The standard InChI is InChI=1S/C12H14N2O2/c1-3-4-5-9-13-11-7-6-8-12(10(11)2)14(15)16/h1,6-8,13H,4-5,9H2,2H3. The number of benzene rings is 1. The van der Waals surface area contributed by atoms with E-state index in [1.54, 1.807) is 13.0 Å². The molecule has 0 atom stereocenters. The van der Waals surface area contributed by atoms with E-state index in [4.69, 9.17) is 6.42 Å². The van der Waals surface area contributed by atoms with Crippen LogP contribution in [0, 0.1) is 29.4 Å². The molecule has 1 aromatic rings. The van der Waals surface area contributed by atoms with Crippen LogP contribution in [0.3, 0.4) is 0 Å². The average molecular weight is 218 g/mol. The number of anilines is 1. The van der Waals surface area contributed by atoms with Crippen molar-refractivity contribution in [1.82, 2.24) is 0 Å². The molecular formula is C12H14N2O2. The molecule has 4 nitrogen and oxygen atoms in total. The molecule has 0 heterocycles. The first kappa shape index (κ1) is 12.1. The largest absolute Gasteiger partial charge is 0.385 e. The maximum absolute atomic E-state index is 10.7. The van der Waals surface area contributed by atoms with E-state index in [1.807, 2.05) is 6.07 Å². The number of hydrogen-bond acceptors (Lipinski definition) is 3. The van der Waals surface area contributed by atoms with Crippen LogP contribution in [0.4, 0.5) is 11.4 Å². The minimum atomic E-state index is -0.373. The highest BCUT2D eigenvalue weighted by Crippen LogP contribution is 2.24. The zero-order chi connectivity index (χ0) is 12.0. The molecule has 0 aliphatic rings. The van der Waals surface area contributed by atoms with Crippen molar-refractivity contribution in [2.45, 2.75) is 19.8 Å². The number of nitrogens with zero attached hydrogens (tertiary/aromatic N) is 1. The average Bonchev–Trinajstić information content (AvgIpc) is 2.26. The normalized spacial score (nSPS) is 9.50. The Bertz CT molecular complexity index is 422. The quantitative estimate of drug-likeness (QED) is 0.358. The van der Waals surface area contributed by atoms with Crippen LogP contribution in [0.5, 0.6) is 0 Å². The summed E-state index contributed by atoms with van der Waals surface area (Å²) in [7, 11) is 0. The van der Waals surface area contributed by atoms with Crippen molar-refractivity contribution in [2.75, 3.05) is 11.9 Å². The molecule has 0 aliphatic carbocycles. The molecule has 0 saturated carbocycles. The Labute approximate surface area is 94.8 Å². The summed E-state index contributed by atoms with van der Waals surface area (Å²) in [5, 5.41) is 13.8. The topological polar surface area (TPSA) is 55.2 Å². The fourth-order valence-corrected chi connectivity index (χ4v) is 1.43. The van der Waals surface area contributed by atoms with Gasteiger partial charge in [0.25, 0.3) is 5.69 Å². The Balaban J connectivity index is 2.70. The summed E-state index contributed by atoms with van der Waals surface area (Å²) in [6.45, 7) is 2.47. The van der Waals surface area contributed by atoms with Gasteiger partial charge in [0.1, 0.15) is 0 Å². The first-order valence-corrected chi connectivity index (χ1v) is 5.08. The maximum atomic E-state index is 10.7. The summed E-state index contributed by atoms with van der Waals surface area (Å²) in [4.78, 5) is 10.3. The number of unbranched alkanes of at least 4 members (excludes halogenated alkanes) is 1. The van der Waals surface area contributed by atoms with Crippen molar-refractivity contribution in [3.05, 3.63) is 33.9 Å². The predicted octanol–water partition coefficient (Wildman–Crippen LogP) is 2.73. The molecule has 0 amide bonds. The third-order valence-corrected chi connectivity index (χ3v) is 2.32. The van der Waals surface area contributed by atoms with Gasteiger partial charge in [-0.15, -0.1) is 12.3 Å². The number of nitro benzene ring substituents is 1. The van der Waals surface area contributed by atoms with Gasteiger partial charge in [0.15, 0.2) is 0 Å². The first-order valence-electron chi connectivity index (χ1n) is 5.08. The summed E-state index contributed by atoms with van der Waals surface area (Å²) in [5.41, 5.74) is 1.60. The number of nitrogens with one attached hydrogen (secondary N) is 1. The van der Waals surface area contributed by atoms with Crippen molar-refractivity contribution < 1.29 is 4.92 Å². The van der Waals surface area contributed by atoms with E-state index in [0.29, 0.717) is 12.0 Å². The van der Waals surface area contributed by atoms with Gasteiger partial charge in [-0.2, -0.15) is 0 Å². The number of terminal acetylenes is 1. The summed E-state index contributed by atoms with van der Waals surface area (Å²) in [6, 6.07) is 5.01. The van der Waals surface area contributed by atoms with E-state index in [0.717, 1.165) is 18.7 Å².